The molecule has 0 amide bonds. The van der Waals surface area contributed by atoms with Crippen LogP contribution >= 0.6 is 0 Å². The van der Waals surface area contributed by atoms with Gasteiger partial charge in [-0.3, -0.25) is 9.59 Å². The van der Waals surface area contributed by atoms with Crippen molar-refractivity contribution in [1.29, 1.82) is 0 Å². The SMILES string of the molecule is CC(=O)OCCCC/C=C/CC(=O)O. The van der Waals surface area contributed by atoms with Gasteiger partial charge >= 0.3 is 11.9 Å². The fraction of sp³-hybridized carbons (Fsp3) is 0.600. The molecule has 0 radical (unpaired) electrons. The molecule has 4 nitrogen and oxygen atoms in total. The number of carboxylic acid groups (broad SMARTS) is 1. The quantitative estimate of drug-likeness (QED) is 0.386. The Labute approximate surface area is 83.6 Å². The Bertz CT molecular complexity index is 208. The average Bonchev–Trinajstić information content (AvgIpc) is 2.08. The summed E-state index contributed by atoms with van der Waals surface area (Å²) in [7, 11) is 0. The number of rotatable bonds is 7. The molecule has 0 unspecified atom stereocenters. The van der Waals surface area contributed by atoms with Gasteiger partial charge in [0.05, 0.1) is 13.0 Å². The third kappa shape index (κ3) is 10.7. The van der Waals surface area contributed by atoms with Gasteiger partial charge in [0.15, 0.2) is 0 Å². The van der Waals surface area contributed by atoms with Crippen molar-refractivity contribution in [3.05, 3.63) is 12.2 Å². The van der Waals surface area contributed by atoms with Crippen molar-refractivity contribution in [1.82, 2.24) is 0 Å². The topological polar surface area (TPSA) is 63.6 Å². The third-order valence-electron chi connectivity index (χ3n) is 1.53. The minimum absolute atomic E-state index is 0.0734. The molecule has 80 valence electrons. The molecule has 14 heavy (non-hydrogen) atoms. The molecule has 0 saturated carbocycles. The number of ether oxygens (including phenoxy) is 1. The summed E-state index contributed by atoms with van der Waals surface area (Å²) in [6.07, 6.45) is 6.09. The van der Waals surface area contributed by atoms with E-state index in [0.717, 1.165) is 19.3 Å². The molecule has 0 saturated heterocycles. The number of carboxylic acids is 1. The van der Waals surface area contributed by atoms with Crippen molar-refractivity contribution >= 4 is 11.9 Å². The molecule has 0 aliphatic heterocycles. The number of aliphatic carboxylic acids is 1. The predicted molar refractivity (Wildman–Crippen MR) is 51.9 cm³/mol. The molecule has 1 N–H and O–H groups in total. The minimum Gasteiger partial charge on any atom is -0.481 e. The van der Waals surface area contributed by atoms with E-state index in [-0.39, 0.29) is 12.4 Å². The van der Waals surface area contributed by atoms with Gasteiger partial charge in [0.25, 0.3) is 0 Å². The maximum atomic E-state index is 10.4. The van der Waals surface area contributed by atoms with Gasteiger partial charge in [-0.25, -0.2) is 0 Å². The van der Waals surface area contributed by atoms with E-state index in [1.165, 1.54) is 6.92 Å². The molecular formula is C10H16O4. The van der Waals surface area contributed by atoms with E-state index in [1.54, 1.807) is 6.08 Å². The minimum atomic E-state index is -0.818. The Balaban J connectivity index is 3.17. The summed E-state index contributed by atoms with van der Waals surface area (Å²) in [6, 6.07) is 0. The van der Waals surface area contributed by atoms with Crippen LogP contribution < -0.4 is 0 Å². The average molecular weight is 200 g/mol. The Morgan fingerprint density at radius 1 is 1.29 bits per heavy atom. The van der Waals surface area contributed by atoms with Crippen molar-refractivity contribution in [3.8, 4) is 0 Å². The lowest BCUT2D eigenvalue weighted by Crippen LogP contribution is -1.99. The maximum absolute atomic E-state index is 10.4. The van der Waals surface area contributed by atoms with E-state index in [1.807, 2.05) is 6.08 Å². The van der Waals surface area contributed by atoms with Gasteiger partial charge in [0, 0.05) is 6.92 Å². The molecule has 0 atom stereocenters. The molecule has 0 fully saturated rings. The number of hydrogen-bond donors (Lipinski definition) is 1. The second-order valence-corrected chi connectivity index (χ2v) is 2.91. The van der Waals surface area contributed by atoms with Gasteiger partial charge in [-0.05, 0) is 19.3 Å². The van der Waals surface area contributed by atoms with Gasteiger partial charge < -0.3 is 9.84 Å². The highest BCUT2D eigenvalue weighted by molar-refractivity contribution is 5.68. The lowest BCUT2D eigenvalue weighted by atomic mass is 10.2. The van der Waals surface area contributed by atoms with Gasteiger partial charge in [-0.2, -0.15) is 0 Å². The number of unbranched alkanes of at least 4 members (excludes halogenated alkanes) is 2. The van der Waals surface area contributed by atoms with Crippen molar-refractivity contribution in [3.63, 3.8) is 0 Å². The molecule has 0 aromatic carbocycles. The fourth-order valence-corrected chi connectivity index (χ4v) is 0.882. The number of esters is 1. The molecule has 0 bridgehead atoms. The second-order valence-electron chi connectivity index (χ2n) is 2.91. The largest absolute Gasteiger partial charge is 0.481 e. The lowest BCUT2D eigenvalue weighted by molar-refractivity contribution is -0.141. The highest BCUT2D eigenvalue weighted by atomic mass is 16.5. The van der Waals surface area contributed by atoms with E-state index in [9.17, 15) is 9.59 Å². The van der Waals surface area contributed by atoms with Crippen LogP contribution in [0, 0.1) is 0 Å². The van der Waals surface area contributed by atoms with Gasteiger partial charge in [-0.15, -0.1) is 0 Å². The van der Waals surface area contributed by atoms with Crippen LogP contribution in [0.1, 0.15) is 32.6 Å². The summed E-state index contributed by atoms with van der Waals surface area (Å²) in [5, 5.41) is 8.31. The molecule has 0 spiro atoms. The van der Waals surface area contributed by atoms with Crippen molar-refractivity contribution in [2.75, 3.05) is 6.61 Å². The maximum Gasteiger partial charge on any atom is 0.307 e. The van der Waals surface area contributed by atoms with Crippen LogP contribution in [0.5, 0.6) is 0 Å². The van der Waals surface area contributed by atoms with Crippen LogP contribution in [0.2, 0.25) is 0 Å². The van der Waals surface area contributed by atoms with Crippen molar-refractivity contribution < 1.29 is 19.4 Å². The summed E-state index contributed by atoms with van der Waals surface area (Å²) in [6.45, 7) is 1.83. The summed E-state index contributed by atoms with van der Waals surface area (Å²) in [5.41, 5.74) is 0. The first kappa shape index (κ1) is 12.7. The predicted octanol–water partition coefficient (Wildman–Crippen LogP) is 1.75. The Hall–Kier alpha value is -1.32. The molecule has 4 heteroatoms. The van der Waals surface area contributed by atoms with Crippen LogP contribution in [0.25, 0.3) is 0 Å². The second kappa shape index (κ2) is 8.29. The standard InChI is InChI=1S/C10H16O4/c1-9(11)14-8-6-4-2-3-5-7-10(12)13/h3,5H,2,4,6-8H2,1H3,(H,12,13)/b5-3+. The van der Waals surface area contributed by atoms with E-state index in [4.69, 9.17) is 9.84 Å². The third-order valence-corrected chi connectivity index (χ3v) is 1.53. The van der Waals surface area contributed by atoms with Gasteiger partial charge in [-0.1, -0.05) is 12.2 Å². The molecular weight excluding hydrogens is 184 g/mol. The zero-order valence-electron chi connectivity index (χ0n) is 8.36. The summed E-state index contributed by atoms with van der Waals surface area (Å²) in [5.74, 6) is -1.08. The normalized spacial score (nSPS) is 10.4. The van der Waals surface area contributed by atoms with Crippen molar-refractivity contribution in [2.45, 2.75) is 32.6 Å². The molecule has 0 rings (SSSR count). The first-order valence-corrected chi connectivity index (χ1v) is 4.63. The van der Waals surface area contributed by atoms with Crippen LogP contribution in [0.15, 0.2) is 12.2 Å². The lowest BCUT2D eigenvalue weighted by Gasteiger charge is -1.99. The van der Waals surface area contributed by atoms with Crippen LogP contribution in [0.3, 0.4) is 0 Å². The first-order chi connectivity index (χ1) is 6.63. The molecule has 0 aromatic rings. The van der Waals surface area contributed by atoms with Crippen LogP contribution in [-0.2, 0) is 14.3 Å². The van der Waals surface area contributed by atoms with E-state index in [0.29, 0.717) is 6.61 Å². The smallest absolute Gasteiger partial charge is 0.307 e. The van der Waals surface area contributed by atoms with Gasteiger partial charge in [0.1, 0.15) is 0 Å². The number of hydrogen-bond acceptors (Lipinski definition) is 3. The Morgan fingerprint density at radius 3 is 2.57 bits per heavy atom. The Kier molecular flexibility index (Phi) is 7.50. The number of carbonyl (C=O) groups is 2. The molecule has 0 aromatic heterocycles. The highest BCUT2D eigenvalue weighted by Gasteiger charge is 1.92. The Morgan fingerprint density at radius 2 is 2.00 bits per heavy atom. The number of allylic oxidation sites excluding steroid dienone is 1. The van der Waals surface area contributed by atoms with E-state index in [2.05, 4.69) is 0 Å². The van der Waals surface area contributed by atoms with E-state index < -0.39 is 5.97 Å². The summed E-state index contributed by atoms with van der Waals surface area (Å²) < 4.78 is 4.73. The van der Waals surface area contributed by atoms with E-state index >= 15 is 0 Å². The monoisotopic (exact) mass is 200 g/mol. The fourth-order valence-electron chi connectivity index (χ4n) is 0.882. The van der Waals surface area contributed by atoms with Crippen LogP contribution in [-0.4, -0.2) is 23.7 Å². The van der Waals surface area contributed by atoms with Crippen LogP contribution in [0.4, 0.5) is 0 Å². The highest BCUT2D eigenvalue weighted by Crippen LogP contribution is 1.98. The molecule has 0 aliphatic carbocycles. The molecule has 0 aliphatic rings. The summed E-state index contributed by atoms with van der Waals surface area (Å²) in [4.78, 5) is 20.5. The first-order valence-electron chi connectivity index (χ1n) is 4.63. The van der Waals surface area contributed by atoms with Crippen molar-refractivity contribution in [2.24, 2.45) is 0 Å². The molecule has 0 heterocycles. The zero-order chi connectivity index (χ0) is 10.8. The number of carbonyl (C=O) groups excluding carboxylic acids is 1. The summed E-state index contributed by atoms with van der Waals surface area (Å²) >= 11 is 0. The zero-order valence-corrected chi connectivity index (χ0v) is 8.36. The van der Waals surface area contributed by atoms with Gasteiger partial charge in [0.2, 0.25) is 0 Å².